The van der Waals surface area contributed by atoms with E-state index < -0.39 is 22.8 Å². The number of nitro benzene ring substituents is 1. The van der Waals surface area contributed by atoms with Gasteiger partial charge >= 0.3 is 165 Å². The Labute approximate surface area is 354 Å². The molecular weight excluding hydrogens is 825 g/mol. The molecule has 4 aromatic rings. The molecule has 11 heteroatoms. The van der Waals surface area contributed by atoms with Gasteiger partial charge in [-0.1, -0.05) is 91.8 Å². The van der Waals surface area contributed by atoms with Crippen molar-refractivity contribution in [3.8, 4) is 5.75 Å². The van der Waals surface area contributed by atoms with Crippen LogP contribution in [0.2, 0.25) is 0 Å². The summed E-state index contributed by atoms with van der Waals surface area (Å²) in [6.45, 7) is 26.6. The second kappa shape index (κ2) is 19.4. The molecule has 2 aliphatic rings. The fourth-order valence-corrected chi connectivity index (χ4v) is 7.76. The van der Waals surface area contributed by atoms with Crippen LogP contribution in [0, 0.1) is 22.7 Å². The second-order valence-corrected chi connectivity index (χ2v) is 16.6. The molecule has 0 aliphatic carbocycles. The van der Waals surface area contributed by atoms with Gasteiger partial charge in [0, 0.05) is 24.5 Å². The first-order chi connectivity index (χ1) is 26.6. The summed E-state index contributed by atoms with van der Waals surface area (Å²) >= 11 is 2.38. The first kappa shape index (κ1) is 45.3. The van der Waals surface area contributed by atoms with Crippen LogP contribution in [0.25, 0.3) is 0 Å². The topological polar surface area (TPSA) is 96.2 Å². The number of ether oxygens (including phenoxy) is 1. The smallest absolute Gasteiger partial charge is 0.0156 e. The van der Waals surface area contributed by atoms with Crippen LogP contribution in [0.1, 0.15) is 131 Å². The minimum atomic E-state index is -0.799. The van der Waals surface area contributed by atoms with E-state index in [2.05, 4.69) is 126 Å². The molecule has 1 unspecified atom stereocenters. The number of fused-ring (bicyclic) bond motifs is 1. The number of carbonyl (C=O) groups excluding carboxylic acids is 2. The predicted octanol–water partition coefficient (Wildman–Crippen LogP) is 7.51. The van der Waals surface area contributed by atoms with Crippen LogP contribution in [0.15, 0.2) is 78.9 Å². The van der Waals surface area contributed by atoms with E-state index in [4.69, 9.17) is 4.74 Å². The fraction of sp³-hybridized carbons (Fsp3) is 0.391. The zero-order valence-electron chi connectivity index (χ0n) is 34.6. The molecule has 1 fully saturated rings. The van der Waals surface area contributed by atoms with Crippen LogP contribution in [-0.2, 0) is 22.6 Å². The quantitative estimate of drug-likeness (QED) is 0.0535. The van der Waals surface area contributed by atoms with Gasteiger partial charge in [-0.05, 0) is 45.9 Å². The molecule has 6 rings (SSSR count). The molecule has 0 bridgehead atoms. The molecule has 1 saturated heterocycles. The Kier molecular flexibility index (Phi) is 15.4. The number of carbonyl (C=O) groups is 2. The van der Waals surface area contributed by atoms with Gasteiger partial charge in [-0.2, -0.15) is 6.67 Å². The van der Waals surface area contributed by atoms with Crippen molar-refractivity contribution in [1.82, 2.24) is 0 Å². The van der Waals surface area contributed by atoms with E-state index in [1.54, 1.807) is 16.7 Å². The summed E-state index contributed by atoms with van der Waals surface area (Å²) < 4.78 is 7.70. The number of benzene rings is 4. The van der Waals surface area contributed by atoms with Crippen molar-refractivity contribution in [2.24, 2.45) is 5.92 Å². The zero-order valence-corrected chi connectivity index (χ0v) is 37.1. The number of hydrogen-bond donors (Lipinski definition) is 0. The van der Waals surface area contributed by atoms with Crippen molar-refractivity contribution in [2.45, 2.75) is 99.0 Å². The van der Waals surface area contributed by atoms with Crippen LogP contribution in [0.5, 0.6) is 5.75 Å². The Morgan fingerprint density at radius 1 is 0.754 bits per heavy atom. The Morgan fingerprint density at radius 3 is 1.58 bits per heavy atom. The average Bonchev–Trinajstić information content (AvgIpc) is 3.66. The van der Waals surface area contributed by atoms with Crippen molar-refractivity contribution in [3.05, 3.63) is 129 Å². The molecule has 1 atom stereocenters. The van der Waals surface area contributed by atoms with Crippen LogP contribution >= 0.6 is 0 Å². The summed E-state index contributed by atoms with van der Waals surface area (Å²) in [4.78, 5) is 42.5. The van der Waals surface area contributed by atoms with Crippen molar-refractivity contribution in [3.63, 3.8) is 0 Å². The van der Waals surface area contributed by atoms with E-state index in [0.29, 0.717) is 35.1 Å². The van der Waals surface area contributed by atoms with E-state index >= 15 is 0 Å². The molecule has 0 aromatic heterocycles. The first-order valence-electron chi connectivity index (χ1n) is 19.6. The minimum absolute atomic E-state index is 0. The fourth-order valence-electron chi connectivity index (χ4n) is 7.36. The first-order valence-corrected chi connectivity index (χ1v) is 20.6. The molecule has 0 spiro atoms. The van der Waals surface area contributed by atoms with Crippen molar-refractivity contribution < 1.29 is 49.5 Å². The molecule has 2 amide bonds. The SMILES string of the molecule is CC(C)C1Oc2c([CH]=[Ru+])cccc2N(C(=O)c2ccc([N+](=O)[O-])cc2)C1=O.CC(C)c1cccc(C(C)C)c1N1[CH-]N(c2c(C(C)C)cccc2C(C)C)CC1.[Cl-]. The Balaban J connectivity index is 0.000000249. The maximum Gasteiger partial charge on any atom is 0.0156 e. The number of hydrogen-bond acceptors (Lipinski definition) is 7. The second-order valence-electron chi connectivity index (χ2n) is 16.1. The van der Waals surface area contributed by atoms with Crippen molar-refractivity contribution >= 4 is 39.2 Å². The van der Waals surface area contributed by atoms with Gasteiger partial charge in [0.1, 0.15) is 0 Å². The summed E-state index contributed by atoms with van der Waals surface area (Å²) in [7, 11) is 0. The maximum atomic E-state index is 13.1. The molecule has 2 aliphatic heterocycles. The Morgan fingerprint density at radius 2 is 1.19 bits per heavy atom. The van der Waals surface area contributed by atoms with Crippen LogP contribution in [-0.4, -0.2) is 40.5 Å². The number of halogens is 1. The summed E-state index contributed by atoms with van der Waals surface area (Å²) in [6.07, 6.45) is -0.799. The van der Waals surface area contributed by atoms with E-state index in [1.807, 2.05) is 19.9 Å². The van der Waals surface area contributed by atoms with Gasteiger partial charge in [0.25, 0.3) is 0 Å². The summed E-state index contributed by atoms with van der Waals surface area (Å²) in [5.41, 5.74) is 9.84. The Hall–Kier alpha value is -4.40. The standard InChI is InChI=1S/C27H39N2.C19H16N2O5.ClH.Ru/c1-18(2)22-11-9-12-23(19(3)4)26(22)28-15-16-29(17-28)27-24(20(5)6)13-10-14-25(27)21(7)8;1-11(2)16-19(23)20(15-6-4-5-12(3)17(15)26-16)18(22)13-7-9-14(10-8-13)21(24)25;;/h9-14,17-21H,15-16H2,1-8H3;3-11,16H,1-2H3;1H;/q-1;;;+1/p-1. The largest absolute Gasteiger partial charge is 1.00 e. The molecule has 57 heavy (non-hydrogen) atoms. The molecule has 0 saturated carbocycles. The third kappa shape index (κ3) is 9.67. The van der Waals surface area contributed by atoms with Gasteiger partial charge < -0.3 is 22.2 Å². The van der Waals surface area contributed by atoms with Crippen LogP contribution < -0.4 is 31.8 Å². The van der Waals surface area contributed by atoms with Gasteiger partial charge in [-0.25, -0.2) is 0 Å². The zero-order chi connectivity index (χ0) is 41.0. The van der Waals surface area contributed by atoms with E-state index in [0.717, 1.165) is 23.6 Å². The number of amides is 2. The van der Waals surface area contributed by atoms with Gasteiger partial charge in [0.05, 0.1) is 0 Å². The van der Waals surface area contributed by atoms with Gasteiger partial charge in [-0.15, -0.1) is 0 Å². The summed E-state index contributed by atoms with van der Waals surface area (Å²) in [6, 6.07) is 24.1. The Bertz CT molecular complexity index is 1960. The van der Waals surface area contributed by atoms with Gasteiger partial charge in [-0.3, -0.25) is 0 Å². The number of rotatable bonds is 10. The molecule has 4 aromatic carbocycles. The predicted molar refractivity (Wildman–Crippen MR) is 224 cm³/mol. The van der Waals surface area contributed by atoms with E-state index in [-0.39, 0.29) is 29.6 Å². The number of nitro groups is 1. The molecule has 9 nitrogen and oxygen atoms in total. The third-order valence-electron chi connectivity index (χ3n) is 10.3. The third-order valence-corrected chi connectivity index (χ3v) is 10.9. The van der Waals surface area contributed by atoms with Crippen molar-refractivity contribution in [1.29, 1.82) is 0 Å². The van der Waals surface area contributed by atoms with E-state index in [1.165, 1.54) is 57.9 Å². The minimum Gasteiger partial charge on any atom is -1.00 e. The van der Waals surface area contributed by atoms with E-state index in [9.17, 15) is 19.7 Å². The molecule has 0 N–H and O–H groups in total. The summed E-state index contributed by atoms with van der Waals surface area (Å²) in [5, 5.41) is 10.8. The van der Waals surface area contributed by atoms with Gasteiger partial charge in [0.2, 0.25) is 0 Å². The maximum absolute atomic E-state index is 13.1. The van der Waals surface area contributed by atoms with Crippen LogP contribution in [0.3, 0.4) is 0 Å². The molecule has 2 heterocycles. The van der Waals surface area contributed by atoms with Crippen molar-refractivity contribution in [2.75, 3.05) is 27.8 Å². The summed E-state index contributed by atoms with van der Waals surface area (Å²) in [5.74, 6) is 1.37. The monoisotopic (exact) mass is 880 g/mol. The number of non-ortho nitro benzene ring substituents is 1. The number of anilines is 3. The molecule has 0 radical (unpaired) electrons. The number of para-hydroxylation sites is 3. The normalized spacial score (nSPS) is 15.1. The number of nitrogens with zero attached hydrogens (tertiary/aromatic N) is 4. The van der Waals surface area contributed by atoms with Gasteiger partial charge in [0.15, 0.2) is 0 Å². The molecular formula is C46H55ClN4O5Ru-. The average molecular weight is 880 g/mol. The molecule has 305 valence electrons. The number of imide groups is 1. The van der Waals surface area contributed by atoms with Crippen LogP contribution in [0.4, 0.5) is 22.7 Å².